The molecule has 7 aromatic rings. The van der Waals surface area contributed by atoms with Crippen LogP contribution < -0.4 is 10.0 Å². The van der Waals surface area contributed by atoms with Crippen LogP contribution >= 0.6 is 0 Å². The number of hydrogen-bond acceptors (Lipinski definition) is 7. The zero-order valence-corrected chi connectivity index (χ0v) is 37.2. The molecule has 1 aliphatic rings. The molecule has 1 saturated heterocycles. The van der Waals surface area contributed by atoms with Crippen molar-refractivity contribution in [1.82, 2.24) is 14.9 Å². The van der Waals surface area contributed by atoms with Crippen LogP contribution in [-0.2, 0) is 43.9 Å². The van der Waals surface area contributed by atoms with E-state index in [-0.39, 0.29) is 42.7 Å². The van der Waals surface area contributed by atoms with Gasteiger partial charge in [-0.3, -0.25) is 9.69 Å². The number of carbonyl (C=O) groups is 1. The highest BCUT2D eigenvalue weighted by atomic mass is 32.2. The smallest absolute Gasteiger partial charge is 0.241 e. The van der Waals surface area contributed by atoms with Gasteiger partial charge in [-0.25, -0.2) is 8.42 Å². The van der Waals surface area contributed by atoms with E-state index < -0.39 is 28.3 Å². The predicted molar refractivity (Wildman–Crippen MR) is 253 cm³/mol. The van der Waals surface area contributed by atoms with E-state index in [1.165, 1.54) is 16.3 Å². The SMILES string of the molecule is Cc1ccc(S(=O)(=O)N[C@H](Cc2ccccc2)C(=O)NCc2cccc(-c3cccc([C@@H]4O[C@H](CN(C)[C@H](C)c5ccc6ccccc6c5)C[C@H](c5ccc(CO)cc5)O4)c3)c2)cc1. The van der Waals surface area contributed by atoms with Crippen LogP contribution in [0.15, 0.2) is 175 Å². The average molecular weight is 874 g/mol. The van der Waals surface area contributed by atoms with Gasteiger partial charge in [0.15, 0.2) is 6.29 Å². The van der Waals surface area contributed by atoms with E-state index in [4.69, 9.17) is 9.47 Å². The van der Waals surface area contributed by atoms with Crippen molar-refractivity contribution in [2.24, 2.45) is 0 Å². The van der Waals surface area contributed by atoms with Crippen LogP contribution in [0.1, 0.15) is 70.7 Å². The maximum absolute atomic E-state index is 13.8. The lowest BCUT2D eigenvalue weighted by atomic mass is 9.97. The molecule has 0 aliphatic carbocycles. The number of benzene rings is 7. The van der Waals surface area contributed by atoms with Gasteiger partial charge >= 0.3 is 0 Å². The van der Waals surface area contributed by atoms with E-state index in [1.807, 2.05) is 104 Å². The van der Waals surface area contributed by atoms with Gasteiger partial charge in [0.25, 0.3) is 0 Å². The first kappa shape index (κ1) is 44.6. The molecular weight excluding hydrogens is 819 g/mol. The maximum Gasteiger partial charge on any atom is 0.241 e. The Balaban J connectivity index is 0.985. The zero-order chi connectivity index (χ0) is 44.6. The lowest BCUT2D eigenvalue weighted by molar-refractivity contribution is -0.253. The first-order valence-electron chi connectivity index (χ1n) is 21.8. The van der Waals surface area contributed by atoms with Gasteiger partial charge < -0.3 is 19.9 Å². The number of aliphatic hydroxyl groups excluding tert-OH is 1. The number of rotatable bonds is 16. The molecule has 1 aliphatic heterocycles. The highest BCUT2D eigenvalue weighted by molar-refractivity contribution is 7.89. The number of aryl methyl sites for hydroxylation is 1. The highest BCUT2D eigenvalue weighted by Gasteiger charge is 2.34. The third kappa shape index (κ3) is 11.0. The number of fused-ring (bicyclic) bond motifs is 1. The number of ether oxygens (including phenoxy) is 2. The summed E-state index contributed by atoms with van der Waals surface area (Å²) in [6, 6.07) is 54.2. The van der Waals surface area contributed by atoms with Crippen molar-refractivity contribution >= 4 is 26.7 Å². The molecule has 1 heterocycles. The van der Waals surface area contributed by atoms with Crippen molar-refractivity contribution in [2.75, 3.05) is 13.6 Å². The summed E-state index contributed by atoms with van der Waals surface area (Å²) in [5.74, 6) is -0.425. The van der Waals surface area contributed by atoms with Gasteiger partial charge in [0, 0.05) is 31.1 Å². The van der Waals surface area contributed by atoms with Crippen LogP contribution in [0.25, 0.3) is 21.9 Å². The van der Waals surface area contributed by atoms with Crippen molar-refractivity contribution < 1.29 is 27.8 Å². The lowest BCUT2D eigenvalue weighted by Gasteiger charge is -2.39. The minimum atomic E-state index is -3.98. The Morgan fingerprint density at radius 3 is 2.16 bits per heavy atom. The van der Waals surface area contributed by atoms with E-state index in [2.05, 4.69) is 77.4 Å². The summed E-state index contributed by atoms with van der Waals surface area (Å²) in [4.78, 5) is 16.2. The fourth-order valence-electron chi connectivity index (χ4n) is 8.28. The molecule has 1 fully saturated rings. The molecule has 5 atom stereocenters. The first-order chi connectivity index (χ1) is 31.0. The van der Waals surface area contributed by atoms with Gasteiger partial charge in [0.05, 0.1) is 23.7 Å². The molecule has 0 spiro atoms. The van der Waals surface area contributed by atoms with Crippen LogP contribution in [0.5, 0.6) is 0 Å². The largest absolute Gasteiger partial charge is 0.392 e. The molecule has 7 aromatic carbocycles. The Hall–Kier alpha value is -5.98. The van der Waals surface area contributed by atoms with Crippen LogP contribution in [0, 0.1) is 6.92 Å². The molecule has 3 N–H and O–H groups in total. The van der Waals surface area contributed by atoms with Gasteiger partial charge in [0.1, 0.15) is 6.04 Å². The monoisotopic (exact) mass is 873 g/mol. The minimum absolute atomic E-state index is 0.0250. The third-order valence-corrected chi connectivity index (χ3v) is 13.6. The van der Waals surface area contributed by atoms with Gasteiger partial charge in [-0.2, -0.15) is 4.72 Å². The van der Waals surface area contributed by atoms with E-state index in [0.29, 0.717) is 13.0 Å². The number of sulfonamides is 1. The second kappa shape index (κ2) is 20.2. The number of hydrogen-bond donors (Lipinski definition) is 3. The Labute approximate surface area is 376 Å². The molecule has 10 heteroatoms. The fourth-order valence-corrected chi connectivity index (χ4v) is 9.48. The van der Waals surface area contributed by atoms with Crippen molar-refractivity contribution in [3.63, 3.8) is 0 Å². The normalized spacial score (nSPS) is 17.5. The molecule has 0 aromatic heterocycles. The summed E-state index contributed by atoms with van der Waals surface area (Å²) < 4.78 is 43.1. The van der Waals surface area contributed by atoms with Crippen molar-refractivity contribution in [2.45, 2.75) is 75.3 Å². The fraction of sp³-hybridized carbons (Fsp3) is 0.241. The average Bonchev–Trinajstić information content (AvgIpc) is 3.33. The molecular formula is C54H55N3O6S. The number of nitrogens with zero attached hydrogens (tertiary/aromatic N) is 1. The van der Waals surface area contributed by atoms with Crippen LogP contribution in [0.3, 0.4) is 0 Å². The number of likely N-dealkylation sites (N-methyl/N-ethyl adjacent to an activating group) is 1. The van der Waals surface area contributed by atoms with Crippen molar-refractivity contribution in [1.29, 1.82) is 0 Å². The standard InChI is InChI=1S/C54H55N3O6S/c1-37-19-27-50(28-20-37)64(60,61)56-51(30-39-11-5-4-6-12-39)53(59)55-34-41-13-9-16-45(29-41)47-17-10-18-48(32-47)54-62-49(33-52(63-54)43-23-21-40(36-58)22-24-43)35-57(3)38(2)44-26-25-42-14-7-8-15-46(42)31-44/h4-29,31-32,38,49,51-52,54,56,58H,30,33-36H2,1-3H3,(H,55,59)/t38-,49+,51-,52-,54-/m1/s1. The lowest BCUT2D eigenvalue weighted by Crippen LogP contribution is -2.47. The van der Waals surface area contributed by atoms with Gasteiger partial charge in [-0.15, -0.1) is 0 Å². The quantitative estimate of drug-likeness (QED) is 0.0886. The topological polar surface area (TPSA) is 117 Å². The zero-order valence-electron chi connectivity index (χ0n) is 36.4. The van der Waals surface area contributed by atoms with Gasteiger partial charge in [0.2, 0.25) is 15.9 Å². The summed E-state index contributed by atoms with van der Waals surface area (Å²) in [5.41, 5.74) is 8.53. The van der Waals surface area contributed by atoms with Gasteiger partial charge in [-0.05, 0) is 107 Å². The Morgan fingerprint density at radius 1 is 0.719 bits per heavy atom. The Kier molecular flexibility index (Phi) is 14.1. The molecule has 328 valence electrons. The second-order valence-corrected chi connectivity index (χ2v) is 18.5. The molecule has 64 heavy (non-hydrogen) atoms. The van der Waals surface area contributed by atoms with E-state index in [1.54, 1.807) is 24.3 Å². The number of amides is 1. The van der Waals surface area contributed by atoms with Gasteiger partial charge in [-0.1, -0.05) is 145 Å². The second-order valence-electron chi connectivity index (χ2n) is 16.8. The number of nitrogens with one attached hydrogen (secondary N) is 2. The predicted octanol–water partition coefficient (Wildman–Crippen LogP) is 9.75. The Bertz CT molecular complexity index is 2780. The van der Waals surface area contributed by atoms with Crippen LogP contribution in [0.2, 0.25) is 0 Å². The summed E-state index contributed by atoms with van der Waals surface area (Å²) in [5, 5.41) is 15.2. The molecule has 9 nitrogen and oxygen atoms in total. The third-order valence-electron chi connectivity index (χ3n) is 12.1. The first-order valence-corrected chi connectivity index (χ1v) is 23.3. The van der Waals surface area contributed by atoms with E-state index in [0.717, 1.165) is 44.5 Å². The number of aliphatic hydroxyl groups is 1. The number of carbonyl (C=O) groups excluding carboxylic acids is 1. The molecule has 0 radical (unpaired) electrons. The molecule has 0 saturated carbocycles. The van der Waals surface area contributed by atoms with E-state index in [9.17, 15) is 18.3 Å². The summed E-state index contributed by atoms with van der Waals surface area (Å²) in [7, 11) is -1.84. The molecule has 8 rings (SSSR count). The Morgan fingerprint density at radius 2 is 1.41 bits per heavy atom. The summed E-state index contributed by atoms with van der Waals surface area (Å²) in [6.45, 7) is 4.98. The van der Waals surface area contributed by atoms with Crippen molar-refractivity contribution in [3.05, 3.63) is 209 Å². The maximum atomic E-state index is 13.8. The van der Waals surface area contributed by atoms with E-state index >= 15 is 0 Å². The van der Waals surface area contributed by atoms with Crippen molar-refractivity contribution in [3.8, 4) is 11.1 Å². The molecule has 0 unspecified atom stereocenters. The highest BCUT2D eigenvalue weighted by Crippen LogP contribution is 2.40. The summed E-state index contributed by atoms with van der Waals surface area (Å²) in [6.07, 6.45) is -0.166. The van der Waals surface area contributed by atoms with Crippen LogP contribution in [-0.4, -0.2) is 50.1 Å². The minimum Gasteiger partial charge on any atom is -0.392 e. The molecule has 0 bridgehead atoms. The summed E-state index contributed by atoms with van der Waals surface area (Å²) >= 11 is 0. The molecule has 1 amide bonds. The van der Waals surface area contributed by atoms with Crippen LogP contribution in [0.4, 0.5) is 0 Å².